The van der Waals surface area contributed by atoms with Crippen molar-refractivity contribution in [2.45, 2.75) is 50.7 Å². The molecule has 1 aliphatic heterocycles. The molecule has 0 aromatic heterocycles. The molecule has 1 fully saturated rings. The molecule has 0 radical (unpaired) electrons. The second-order valence-corrected chi connectivity index (χ2v) is 7.92. The Bertz CT molecular complexity index is 611. The summed E-state index contributed by atoms with van der Waals surface area (Å²) in [6, 6.07) is 8.45. The Morgan fingerprint density at radius 3 is 2.69 bits per heavy atom. The zero-order valence-corrected chi connectivity index (χ0v) is 16.2. The number of nitrogens with one attached hydrogen (secondary N) is 2. The summed E-state index contributed by atoms with van der Waals surface area (Å²) in [5.41, 5.74) is 2.53. The number of methoxy groups -OCH3 is 1. The van der Waals surface area contributed by atoms with Gasteiger partial charge in [0.1, 0.15) is 0 Å². The number of ether oxygens (including phenoxy) is 2. The van der Waals surface area contributed by atoms with E-state index >= 15 is 0 Å². The highest BCUT2D eigenvalue weighted by molar-refractivity contribution is 5.77. The fourth-order valence-electron chi connectivity index (χ4n) is 4.55. The van der Waals surface area contributed by atoms with Gasteiger partial charge in [0, 0.05) is 18.9 Å². The second-order valence-electron chi connectivity index (χ2n) is 7.92. The summed E-state index contributed by atoms with van der Waals surface area (Å²) in [6.07, 6.45) is 2.54. The minimum Gasteiger partial charge on any atom is -0.382 e. The van der Waals surface area contributed by atoms with Gasteiger partial charge in [-0.25, -0.2) is 0 Å². The number of benzene rings is 1. The van der Waals surface area contributed by atoms with E-state index in [-0.39, 0.29) is 23.5 Å². The maximum Gasteiger partial charge on any atom is 0.220 e. The maximum absolute atomic E-state index is 12.6. The standard InChI is InChI=1S/C21H32N2O3/c1-15(2)14-18(24)23-19-16-6-4-5-7-17(16)21(8-10-22-11-9-21)20(19)26-13-12-25-3/h4-7,15,19-20,22H,8-14H2,1-3H3,(H,23,24)/t19-,20+/m0/s1. The Hall–Kier alpha value is -1.43. The van der Waals surface area contributed by atoms with E-state index in [1.807, 2.05) is 0 Å². The first kappa shape index (κ1) is 19.3. The molecular weight excluding hydrogens is 328 g/mol. The van der Waals surface area contributed by atoms with E-state index in [1.165, 1.54) is 11.1 Å². The molecule has 1 aliphatic carbocycles. The largest absolute Gasteiger partial charge is 0.382 e. The molecular formula is C21H32N2O3. The smallest absolute Gasteiger partial charge is 0.220 e. The summed E-state index contributed by atoms with van der Waals surface area (Å²) in [4.78, 5) is 12.6. The molecule has 5 nitrogen and oxygen atoms in total. The van der Waals surface area contributed by atoms with Crippen molar-refractivity contribution in [3.8, 4) is 0 Å². The Kier molecular flexibility index (Phi) is 6.33. The first-order chi connectivity index (χ1) is 12.6. The summed E-state index contributed by atoms with van der Waals surface area (Å²) in [6.45, 7) is 7.21. The summed E-state index contributed by atoms with van der Waals surface area (Å²) >= 11 is 0. The maximum atomic E-state index is 12.6. The van der Waals surface area contributed by atoms with Gasteiger partial charge in [-0.05, 0) is 43.0 Å². The molecule has 1 heterocycles. The molecule has 5 heteroatoms. The molecule has 1 amide bonds. The average Bonchev–Trinajstić information content (AvgIpc) is 2.86. The van der Waals surface area contributed by atoms with Crippen molar-refractivity contribution in [3.63, 3.8) is 0 Å². The number of carbonyl (C=O) groups excluding carboxylic acids is 1. The van der Waals surface area contributed by atoms with Crippen LogP contribution in [0.15, 0.2) is 24.3 Å². The Balaban J connectivity index is 1.92. The summed E-state index contributed by atoms with van der Waals surface area (Å²) in [7, 11) is 1.69. The van der Waals surface area contributed by atoms with Crippen molar-refractivity contribution in [3.05, 3.63) is 35.4 Å². The molecule has 144 valence electrons. The molecule has 0 bridgehead atoms. The van der Waals surface area contributed by atoms with Crippen LogP contribution in [-0.4, -0.2) is 45.4 Å². The number of hydrogen-bond acceptors (Lipinski definition) is 4. The Morgan fingerprint density at radius 1 is 1.27 bits per heavy atom. The fraction of sp³-hybridized carbons (Fsp3) is 0.667. The van der Waals surface area contributed by atoms with Crippen LogP contribution in [0.25, 0.3) is 0 Å². The first-order valence-corrected chi connectivity index (χ1v) is 9.78. The van der Waals surface area contributed by atoms with E-state index in [1.54, 1.807) is 7.11 Å². The minimum atomic E-state index is -0.0904. The van der Waals surface area contributed by atoms with Crippen LogP contribution in [0.2, 0.25) is 0 Å². The highest BCUT2D eigenvalue weighted by atomic mass is 16.5. The van der Waals surface area contributed by atoms with E-state index in [9.17, 15) is 4.79 Å². The van der Waals surface area contributed by atoms with E-state index in [0.717, 1.165) is 25.9 Å². The van der Waals surface area contributed by atoms with Gasteiger partial charge >= 0.3 is 0 Å². The molecule has 26 heavy (non-hydrogen) atoms. The van der Waals surface area contributed by atoms with Crippen LogP contribution in [0.3, 0.4) is 0 Å². The van der Waals surface area contributed by atoms with Crippen molar-refractivity contribution in [1.82, 2.24) is 10.6 Å². The lowest BCUT2D eigenvalue weighted by molar-refractivity contribution is -0.124. The lowest BCUT2D eigenvalue weighted by Gasteiger charge is -2.41. The van der Waals surface area contributed by atoms with Crippen LogP contribution in [0, 0.1) is 5.92 Å². The van der Waals surface area contributed by atoms with Gasteiger partial charge in [-0.2, -0.15) is 0 Å². The molecule has 0 saturated carbocycles. The monoisotopic (exact) mass is 360 g/mol. The fourth-order valence-corrected chi connectivity index (χ4v) is 4.55. The lowest BCUT2D eigenvalue weighted by Crippen LogP contribution is -2.50. The van der Waals surface area contributed by atoms with Gasteiger partial charge in [0.2, 0.25) is 5.91 Å². The average molecular weight is 360 g/mol. The van der Waals surface area contributed by atoms with Crippen LogP contribution < -0.4 is 10.6 Å². The molecule has 3 rings (SSSR count). The summed E-state index contributed by atoms with van der Waals surface area (Å²) < 4.78 is 11.6. The van der Waals surface area contributed by atoms with Crippen molar-refractivity contribution in [2.75, 3.05) is 33.4 Å². The third kappa shape index (κ3) is 3.80. The van der Waals surface area contributed by atoms with Gasteiger partial charge in [-0.3, -0.25) is 4.79 Å². The normalized spacial score (nSPS) is 24.0. The number of hydrogen-bond donors (Lipinski definition) is 2. The SMILES string of the molecule is COCCO[C@@H]1[C@@H](NC(=O)CC(C)C)c2ccccc2C12CCNCC2. The van der Waals surface area contributed by atoms with Crippen molar-refractivity contribution >= 4 is 5.91 Å². The van der Waals surface area contributed by atoms with Crippen LogP contribution >= 0.6 is 0 Å². The van der Waals surface area contributed by atoms with Gasteiger partial charge in [0.05, 0.1) is 25.4 Å². The van der Waals surface area contributed by atoms with Crippen LogP contribution in [0.5, 0.6) is 0 Å². The molecule has 1 spiro atoms. The Morgan fingerprint density at radius 2 is 2.00 bits per heavy atom. The molecule has 1 saturated heterocycles. The van der Waals surface area contributed by atoms with Crippen LogP contribution in [0.4, 0.5) is 0 Å². The zero-order valence-electron chi connectivity index (χ0n) is 16.2. The third-order valence-corrected chi connectivity index (χ3v) is 5.67. The highest BCUT2D eigenvalue weighted by Crippen LogP contribution is 2.51. The van der Waals surface area contributed by atoms with Gasteiger partial charge in [0.25, 0.3) is 0 Å². The predicted molar refractivity (Wildman–Crippen MR) is 102 cm³/mol. The molecule has 2 N–H and O–H groups in total. The van der Waals surface area contributed by atoms with Crippen molar-refractivity contribution in [2.24, 2.45) is 5.92 Å². The van der Waals surface area contributed by atoms with Gasteiger partial charge in [-0.1, -0.05) is 38.1 Å². The number of fused-ring (bicyclic) bond motifs is 2. The topological polar surface area (TPSA) is 59.6 Å². The minimum absolute atomic E-state index is 0.0363. The predicted octanol–water partition coefficient (Wildman–Crippen LogP) is 2.56. The lowest BCUT2D eigenvalue weighted by atomic mass is 9.72. The van der Waals surface area contributed by atoms with Crippen LogP contribution in [-0.2, 0) is 19.7 Å². The van der Waals surface area contributed by atoms with E-state index < -0.39 is 0 Å². The summed E-state index contributed by atoms with van der Waals surface area (Å²) in [5.74, 6) is 0.443. The molecule has 1 aromatic carbocycles. The first-order valence-electron chi connectivity index (χ1n) is 9.78. The van der Waals surface area contributed by atoms with Crippen molar-refractivity contribution in [1.29, 1.82) is 0 Å². The highest BCUT2D eigenvalue weighted by Gasteiger charge is 2.53. The number of carbonyl (C=O) groups is 1. The summed E-state index contributed by atoms with van der Waals surface area (Å²) in [5, 5.41) is 6.76. The second kappa shape index (κ2) is 8.51. The number of amides is 1. The third-order valence-electron chi connectivity index (χ3n) is 5.67. The molecule has 0 unspecified atom stereocenters. The Labute approximate surface area is 156 Å². The van der Waals surface area contributed by atoms with E-state index in [0.29, 0.717) is 25.6 Å². The van der Waals surface area contributed by atoms with E-state index in [2.05, 4.69) is 48.7 Å². The van der Waals surface area contributed by atoms with Gasteiger partial charge < -0.3 is 20.1 Å². The van der Waals surface area contributed by atoms with Crippen LogP contribution in [0.1, 0.15) is 50.3 Å². The number of rotatable bonds is 7. The number of piperidine rings is 1. The van der Waals surface area contributed by atoms with E-state index in [4.69, 9.17) is 9.47 Å². The zero-order chi connectivity index (χ0) is 18.6. The molecule has 2 atom stereocenters. The van der Waals surface area contributed by atoms with Gasteiger partial charge in [-0.15, -0.1) is 0 Å². The van der Waals surface area contributed by atoms with Gasteiger partial charge in [0.15, 0.2) is 0 Å². The van der Waals surface area contributed by atoms with Crippen molar-refractivity contribution < 1.29 is 14.3 Å². The molecule has 1 aromatic rings. The quantitative estimate of drug-likeness (QED) is 0.734. The molecule has 2 aliphatic rings.